The Balaban J connectivity index is 1.91. The van der Waals surface area contributed by atoms with Gasteiger partial charge in [-0.1, -0.05) is 0 Å². The molecule has 0 fully saturated rings. The van der Waals surface area contributed by atoms with Crippen molar-refractivity contribution in [2.45, 2.75) is 52.9 Å². The molecule has 2 heterocycles. The first kappa shape index (κ1) is 20.7. The molecule has 0 aliphatic carbocycles. The number of benzene rings is 1. The average molecular weight is 396 g/mol. The first-order valence-corrected chi connectivity index (χ1v) is 9.58. The van der Waals surface area contributed by atoms with Gasteiger partial charge in [-0.15, -0.1) is 0 Å². The van der Waals surface area contributed by atoms with Gasteiger partial charge in [0.25, 0.3) is 0 Å². The molecule has 0 aliphatic rings. The summed E-state index contributed by atoms with van der Waals surface area (Å²) in [5.41, 5.74) is 2.34. The lowest BCUT2D eigenvalue weighted by Crippen LogP contribution is -2.26. The van der Waals surface area contributed by atoms with E-state index in [2.05, 4.69) is 25.3 Å². The van der Waals surface area contributed by atoms with E-state index in [1.165, 1.54) is 0 Å². The van der Waals surface area contributed by atoms with Crippen LogP contribution in [0.4, 0.5) is 0 Å². The molecule has 1 aromatic carbocycles. The Hall–Kier alpha value is -3.00. The van der Waals surface area contributed by atoms with Gasteiger partial charge in [-0.2, -0.15) is 10.2 Å². The summed E-state index contributed by atoms with van der Waals surface area (Å²) in [6, 6.07) is 5.80. The molecule has 0 saturated heterocycles. The van der Waals surface area contributed by atoms with Crippen LogP contribution in [0.5, 0.6) is 5.75 Å². The number of hydrogen-bond donors (Lipinski definition) is 2. The van der Waals surface area contributed by atoms with Crippen molar-refractivity contribution >= 4 is 22.5 Å². The van der Waals surface area contributed by atoms with Gasteiger partial charge in [0.2, 0.25) is 0 Å². The van der Waals surface area contributed by atoms with Crippen LogP contribution in [0.2, 0.25) is 0 Å². The van der Waals surface area contributed by atoms with Crippen molar-refractivity contribution in [3.05, 3.63) is 41.9 Å². The molecule has 154 valence electrons. The van der Waals surface area contributed by atoms with Crippen molar-refractivity contribution in [1.29, 1.82) is 0 Å². The van der Waals surface area contributed by atoms with Gasteiger partial charge >= 0.3 is 0 Å². The normalized spacial score (nSPS) is 13.5. The minimum atomic E-state index is -0.839. The maximum absolute atomic E-state index is 9.97. The van der Waals surface area contributed by atoms with Crippen molar-refractivity contribution < 1.29 is 9.84 Å². The van der Waals surface area contributed by atoms with Crippen molar-refractivity contribution in [1.82, 2.24) is 20.0 Å². The molecule has 0 amide bonds. The van der Waals surface area contributed by atoms with Crippen molar-refractivity contribution in [3.8, 4) is 5.75 Å². The monoisotopic (exact) mass is 396 g/mol. The topological polar surface area (TPSA) is 101 Å². The molecular formula is C21H28N6O2. The van der Waals surface area contributed by atoms with Gasteiger partial charge in [-0.3, -0.25) is 14.8 Å². The van der Waals surface area contributed by atoms with Crippen LogP contribution in [0.3, 0.4) is 0 Å². The SMILES string of the molecule is CN=C(N=C(C)c1cnn(CC(C)(C)O)c1)c1n[nH]c2ccc(OC(C)C)cc12. The number of nitrogens with one attached hydrogen (secondary N) is 1. The zero-order valence-corrected chi connectivity index (χ0v) is 17.8. The third kappa shape index (κ3) is 5.08. The Morgan fingerprint density at radius 2 is 2.10 bits per heavy atom. The highest BCUT2D eigenvalue weighted by Gasteiger charge is 2.16. The molecular weight excluding hydrogens is 368 g/mol. The molecule has 3 rings (SSSR count). The Labute approximate surface area is 170 Å². The second-order valence-corrected chi connectivity index (χ2v) is 7.93. The second kappa shape index (κ2) is 8.16. The Morgan fingerprint density at radius 3 is 2.76 bits per heavy atom. The Morgan fingerprint density at radius 1 is 1.34 bits per heavy atom. The minimum absolute atomic E-state index is 0.0859. The average Bonchev–Trinajstić information content (AvgIpc) is 3.24. The largest absolute Gasteiger partial charge is 0.491 e. The fourth-order valence-electron chi connectivity index (χ4n) is 2.97. The molecule has 0 atom stereocenters. The summed E-state index contributed by atoms with van der Waals surface area (Å²) in [4.78, 5) is 9.03. The zero-order valence-electron chi connectivity index (χ0n) is 17.8. The number of amidine groups is 1. The summed E-state index contributed by atoms with van der Waals surface area (Å²) in [5.74, 6) is 1.30. The molecule has 29 heavy (non-hydrogen) atoms. The van der Waals surface area contributed by atoms with Crippen molar-refractivity contribution in [2.75, 3.05) is 7.05 Å². The lowest BCUT2D eigenvalue weighted by atomic mass is 10.1. The quantitative estimate of drug-likeness (QED) is 0.493. The fourth-order valence-corrected chi connectivity index (χ4v) is 2.97. The molecule has 8 heteroatoms. The predicted molar refractivity (Wildman–Crippen MR) is 115 cm³/mol. The lowest BCUT2D eigenvalue weighted by Gasteiger charge is -2.16. The van der Waals surface area contributed by atoms with Gasteiger partial charge in [0, 0.05) is 24.2 Å². The standard InChI is InChI=1S/C21H28N6O2/c1-13(2)29-16-7-8-18-17(9-16)19(26-25-18)20(22-6)24-14(3)15-10-23-27(11-15)12-21(4,5)28/h7-11,13,28H,12H2,1-6H3,(H,25,26). The van der Waals surface area contributed by atoms with Crippen LogP contribution in [-0.4, -0.2) is 55.4 Å². The minimum Gasteiger partial charge on any atom is -0.491 e. The molecule has 0 aliphatic heterocycles. The second-order valence-electron chi connectivity index (χ2n) is 7.93. The lowest BCUT2D eigenvalue weighted by molar-refractivity contribution is 0.0577. The highest BCUT2D eigenvalue weighted by atomic mass is 16.5. The predicted octanol–water partition coefficient (Wildman–Crippen LogP) is 3.20. The molecule has 3 aromatic rings. The van der Waals surface area contributed by atoms with Gasteiger partial charge in [-0.05, 0) is 52.8 Å². The summed E-state index contributed by atoms with van der Waals surface area (Å²) in [5, 5.41) is 22.6. The summed E-state index contributed by atoms with van der Waals surface area (Å²) < 4.78 is 7.51. The fraction of sp³-hybridized carbons (Fsp3) is 0.429. The van der Waals surface area contributed by atoms with Crippen LogP contribution in [0.1, 0.15) is 45.9 Å². The number of aromatic nitrogens is 4. The first-order chi connectivity index (χ1) is 13.7. The Kier molecular flexibility index (Phi) is 5.83. The van der Waals surface area contributed by atoms with Gasteiger partial charge in [-0.25, -0.2) is 4.99 Å². The smallest absolute Gasteiger partial charge is 0.176 e. The number of rotatable bonds is 6. The molecule has 0 saturated carbocycles. The number of aromatic amines is 1. The molecule has 0 radical (unpaired) electrons. The van der Waals surface area contributed by atoms with Crippen molar-refractivity contribution in [3.63, 3.8) is 0 Å². The van der Waals surface area contributed by atoms with Gasteiger partial charge in [0.05, 0.1) is 35.7 Å². The van der Waals surface area contributed by atoms with E-state index in [0.29, 0.717) is 18.1 Å². The molecule has 2 N–H and O–H groups in total. The number of aliphatic hydroxyl groups is 1. The highest BCUT2D eigenvalue weighted by Crippen LogP contribution is 2.24. The van der Waals surface area contributed by atoms with Crippen LogP contribution in [-0.2, 0) is 6.54 Å². The van der Waals surface area contributed by atoms with E-state index in [1.54, 1.807) is 31.8 Å². The van der Waals surface area contributed by atoms with E-state index in [1.807, 2.05) is 45.2 Å². The zero-order chi connectivity index (χ0) is 21.2. The molecule has 0 unspecified atom stereocenters. The van der Waals surface area contributed by atoms with Gasteiger partial charge in [0.15, 0.2) is 5.84 Å². The molecule has 8 nitrogen and oxygen atoms in total. The van der Waals surface area contributed by atoms with Crippen LogP contribution in [0.25, 0.3) is 10.9 Å². The number of nitrogens with zero attached hydrogens (tertiary/aromatic N) is 5. The maximum Gasteiger partial charge on any atom is 0.176 e. The van der Waals surface area contributed by atoms with Gasteiger partial charge < -0.3 is 9.84 Å². The van der Waals surface area contributed by atoms with E-state index in [9.17, 15) is 5.11 Å². The number of H-pyrrole nitrogens is 1. The Bertz CT molecular complexity index is 1050. The number of aliphatic imine (C=N–C) groups is 2. The third-order valence-corrected chi connectivity index (χ3v) is 4.20. The molecule has 2 aromatic heterocycles. The van der Waals surface area contributed by atoms with E-state index >= 15 is 0 Å². The number of hydrogen-bond acceptors (Lipinski definition) is 5. The summed E-state index contributed by atoms with van der Waals surface area (Å²) >= 11 is 0. The summed E-state index contributed by atoms with van der Waals surface area (Å²) in [6.07, 6.45) is 3.68. The van der Waals surface area contributed by atoms with Crippen LogP contribution >= 0.6 is 0 Å². The highest BCUT2D eigenvalue weighted by molar-refractivity contribution is 6.15. The van der Waals surface area contributed by atoms with Gasteiger partial charge in [0.1, 0.15) is 11.4 Å². The van der Waals surface area contributed by atoms with Crippen LogP contribution in [0.15, 0.2) is 40.6 Å². The summed E-state index contributed by atoms with van der Waals surface area (Å²) in [6.45, 7) is 9.78. The summed E-state index contributed by atoms with van der Waals surface area (Å²) in [7, 11) is 1.69. The molecule has 0 bridgehead atoms. The maximum atomic E-state index is 9.97. The number of fused-ring (bicyclic) bond motifs is 1. The number of ether oxygens (including phenoxy) is 1. The van der Waals surface area contributed by atoms with Crippen LogP contribution < -0.4 is 4.74 Å². The molecule has 0 spiro atoms. The van der Waals surface area contributed by atoms with Crippen LogP contribution in [0, 0.1) is 0 Å². The van der Waals surface area contributed by atoms with E-state index in [4.69, 9.17) is 4.74 Å². The van der Waals surface area contributed by atoms with E-state index in [0.717, 1.165) is 27.9 Å². The van der Waals surface area contributed by atoms with E-state index in [-0.39, 0.29) is 6.10 Å². The first-order valence-electron chi connectivity index (χ1n) is 9.58. The van der Waals surface area contributed by atoms with Crippen molar-refractivity contribution in [2.24, 2.45) is 9.98 Å². The van der Waals surface area contributed by atoms with E-state index < -0.39 is 5.60 Å². The third-order valence-electron chi connectivity index (χ3n) is 4.20.